The van der Waals surface area contributed by atoms with E-state index >= 15 is 0 Å². The van der Waals surface area contributed by atoms with Crippen LogP contribution in [0.3, 0.4) is 0 Å². The van der Waals surface area contributed by atoms with Crippen molar-refractivity contribution in [3.8, 4) is 11.4 Å². The van der Waals surface area contributed by atoms with Crippen LogP contribution >= 0.6 is 0 Å². The Morgan fingerprint density at radius 2 is 2.00 bits per heavy atom. The maximum absolute atomic E-state index is 4.34. The molecule has 0 unspecified atom stereocenters. The number of hydrogen-bond acceptors (Lipinski definition) is 6. The van der Waals surface area contributed by atoms with E-state index in [4.69, 9.17) is 0 Å². The summed E-state index contributed by atoms with van der Waals surface area (Å²) in [7, 11) is 2.12. The second kappa shape index (κ2) is 7.06. The van der Waals surface area contributed by atoms with Gasteiger partial charge in [-0.1, -0.05) is 24.3 Å². The Bertz CT molecular complexity index is 710. The Labute approximate surface area is 134 Å². The number of H-pyrrole nitrogens is 1. The van der Waals surface area contributed by atoms with Gasteiger partial charge in [-0.05, 0) is 24.7 Å². The van der Waals surface area contributed by atoms with Gasteiger partial charge < -0.3 is 0 Å². The van der Waals surface area contributed by atoms with E-state index in [1.54, 1.807) is 12.4 Å². The number of likely N-dealkylation sites (N-methyl/N-ethyl adjacent to an activating group) is 1. The monoisotopic (exact) mass is 309 g/mol. The van der Waals surface area contributed by atoms with Gasteiger partial charge in [-0.3, -0.25) is 14.9 Å². The molecule has 0 aliphatic heterocycles. The second-order valence-corrected chi connectivity index (χ2v) is 5.60. The lowest BCUT2D eigenvalue weighted by Gasteiger charge is -2.24. The molecule has 3 rings (SSSR count). The zero-order valence-electron chi connectivity index (χ0n) is 13.2. The van der Waals surface area contributed by atoms with E-state index < -0.39 is 0 Å². The molecule has 23 heavy (non-hydrogen) atoms. The first kappa shape index (κ1) is 15.2. The maximum Gasteiger partial charge on any atom is 0.204 e. The zero-order chi connectivity index (χ0) is 16.1. The molecule has 0 spiro atoms. The summed E-state index contributed by atoms with van der Waals surface area (Å²) in [4.78, 5) is 10.8. The van der Waals surface area contributed by atoms with Crippen molar-refractivity contribution in [2.75, 3.05) is 7.05 Å². The third-order valence-electron chi connectivity index (χ3n) is 3.86. The zero-order valence-corrected chi connectivity index (χ0v) is 13.2. The topological polar surface area (TPSA) is 83.5 Å². The predicted molar refractivity (Wildman–Crippen MR) is 86.3 cm³/mol. The molecule has 2 heterocycles. The van der Waals surface area contributed by atoms with E-state index in [0.717, 1.165) is 24.2 Å². The van der Waals surface area contributed by atoms with E-state index in [2.05, 4.69) is 61.6 Å². The summed E-state index contributed by atoms with van der Waals surface area (Å²) in [6.07, 6.45) is 6.14. The van der Waals surface area contributed by atoms with Gasteiger partial charge in [0.1, 0.15) is 0 Å². The van der Waals surface area contributed by atoms with Gasteiger partial charge in [-0.15, -0.1) is 10.2 Å². The van der Waals surface area contributed by atoms with Crippen molar-refractivity contribution in [2.45, 2.75) is 25.9 Å². The van der Waals surface area contributed by atoms with Crippen molar-refractivity contribution in [1.82, 2.24) is 35.5 Å². The Hall–Kier alpha value is -2.67. The molecule has 0 radical (unpaired) electrons. The molecule has 2 aromatic heterocycles. The molecule has 3 aromatic rings. The summed E-state index contributed by atoms with van der Waals surface area (Å²) < 4.78 is 0. The SMILES string of the molecule is C[C@H](Cc1cnccn1)N(C)Cc1ccc(-c2nn[nH]n2)cc1. The summed E-state index contributed by atoms with van der Waals surface area (Å²) in [5.74, 6) is 0.612. The van der Waals surface area contributed by atoms with Gasteiger partial charge >= 0.3 is 0 Å². The normalized spacial score (nSPS) is 12.5. The van der Waals surface area contributed by atoms with Crippen LogP contribution in [0.1, 0.15) is 18.2 Å². The molecule has 1 N–H and O–H groups in total. The average molecular weight is 309 g/mol. The Morgan fingerprint density at radius 3 is 2.65 bits per heavy atom. The summed E-state index contributed by atoms with van der Waals surface area (Å²) in [6, 6.07) is 8.60. The minimum atomic E-state index is 0.378. The molecule has 0 saturated carbocycles. The third-order valence-corrected chi connectivity index (χ3v) is 3.86. The van der Waals surface area contributed by atoms with Gasteiger partial charge in [0.15, 0.2) is 0 Å². The van der Waals surface area contributed by atoms with Gasteiger partial charge in [-0.2, -0.15) is 5.21 Å². The Kier molecular flexibility index (Phi) is 4.68. The van der Waals surface area contributed by atoms with Gasteiger partial charge in [0, 0.05) is 43.2 Å². The fraction of sp³-hybridized carbons (Fsp3) is 0.312. The Balaban J connectivity index is 1.60. The van der Waals surface area contributed by atoms with Crippen LogP contribution in [0.5, 0.6) is 0 Å². The molecule has 0 bridgehead atoms. The van der Waals surface area contributed by atoms with E-state index in [1.165, 1.54) is 5.56 Å². The average Bonchev–Trinajstić information content (AvgIpc) is 3.11. The first-order valence-electron chi connectivity index (χ1n) is 7.50. The molecule has 0 fully saturated rings. The largest absolute Gasteiger partial charge is 0.299 e. The number of benzene rings is 1. The smallest absolute Gasteiger partial charge is 0.204 e. The summed E-state index contributed by atoms with van der Waals surface area (Å²) >= 11 is 0. The van der Waals surface area contributed by atoms with Crippen LogP contribution in [0.15, 0.2) is 42.9 Å². The van der Waals surface area contributed by atoms with E-state index in [9.17, 15) is 0 Å². The molecule has 1 aromatic carbocycles. The lowest BCUT2D eigenvalue weighted by Crippen LogP contribution is -2.30. The van der Waals surface area contributed by atoms with Crippen LogP contribution in [-0.4, -0.2) is 48.6 Å². The van der Waals surface area contributed by atoms with Crippen molar-refractivity contribution < 1.29 is 0 Å². The molecule has 0 aliphatic carbocycles. The fourth-order valence-corrected chi connectivity index (χ4v) is 2.38. The van der Waals surface area contributed by atoms with Gasteiger partial charge in [0.25, 0.3) is 0 Å². The van der Waals surface area contributed by atoms with Crippen LogP contribution in [0, 0.1) is 0 Å². The molecular formula is C16H19N7. The molecule has 0 amide bonds. The number of tetrazole rings is 1. The second-order valence-electron chi connectivity index (χ2n) is 5.60. The standard InChI is InChI=1S/C16H19N7/c1-12(9-15-10-17-7-8-18-15)23(2)11-13-3-5-14(6-4-13)16-19-21-22-20-16/h3-8,10,12H,9,11H2,1-2H3,(H,19,20,21,22)/t12-/m1/s1. The summed E-state index contributed by atoms with van der Waals surface area (Å²) in [5.41, 5.74) is 3.21. The molecule has 1 atom stereocenters. The first-order chi connectivity index (χ1) is 11.2. The van der Waals surface area contributed by atoms with Gasteiger partial charge in [0.05, 0.1) is 5.69 Å². The highest BCUT2D eigenvalue weighted by Crippen LogP contribution is 2.16. The van der Waals surface area contributed by atoms with Crippen molar-refractivity contribution >= 4 is 0 Å². The van der Waals surface area contributed by atoms with Crippen LogP contribution in [0.4, 0.5) is 0 Å². The van der Waals surface area contributed by atoms with E-state index in [1.807, 2.05) is 18.3 Å². The van der Waals surface area contributed by atoms with E-state index in [0.29, 0.717) is 11.9 Å². The first-order valence-corrected chi connectivity index (χ1v) is 7.50. The van der Waals surface area contributed by atoms with E-state index in [-0.39, 0.29) is 0 Å². The van der Waals surface area contributed by atoms with Crippen LogP contribution < -0.4 is 0 Å². The molecule has 7 heteroatoms. The van der Waals surface area contributed by atoms with Crippen molar-refractivity contribution in [2.24, 2.45) is 0 Å². The molecule has 118 valence electrons. The predicted octanol–water partition coefficient (Wildman–Crippen LogP) is 1.72. The molecule has 7 nitrogen and oxygen atoms in total. The number of aromatic nitrogens is 6. The molecule has 0 saturated heterocycles. The van der Waals surface area contributed by atoms with Crippen LogP contribution in [-0.2, 0) is 13.0 Å². The number of hydrogen-bond donors (Lipinski definition) is 1. The number of nitrogens with zero attached hydrogens (tertiary/aromatic N) is 6. The lowest BCUT2D eigenvalue weighted by atomic mass is 10.1. The molecular weight excluding hydrogens is 290 g/mol. The van der Waals surface area contributed by atoms with Crippen LogP contribution in [0.25, 0.3) is 11.4 Å². The van der Waals surface area contributed by atoms with Gasteiger partial charge in [-0.25, -0.2) is 0 Å². The number of nitrogens with one attached hydrogen (secondary N) is 1. The van der Waals surface area contributed by atoms with Crippen molar-refractivity contribution in [3.05, 3.63) is 54.1 Å². The minimum absolute atomic E-state index is 0.378. The highest BCUT2D eigenvalue weighted by Gasteiger charge is 2.12. The van der Waals surface area contributed by atoms with Crippen molar-refractivity contribution in [1.29, 1.82) is 0 Å². The third kappa shape index (κ3) is 3.95. The molecule has 0 aliphatic rings. The minimum Gasteiger partial charge on any atom is -0.299 e. The quantitative estimate of drug-likeness (QED) is 0.746. The summed E-state index contributed by atoms with van der Waals surface area (Å²) in [5, 5.41) is 14.0. The highest BCUT2D eigenvalue weighted by molar-refractivity contribution is 5.54. The number of aromatic amines is 1. The van der Waals surface area contributed by atoms with Gasteiger partial charge in [0.2, 0.25) is 5.82 Å². The lowest BCUT2D eigenvalue weighted by molar-refractivity contribution is 0.246. The maximum atomic E-state index is 4.34. The Morgan fingerprint density at radius 1 is 1.17 bits per heavy atom. The highest BCUT2D eigenvalue weighted by atomic mass is 15.5. The number of rotatable bonds is 6. The van der Waals surface area contributed by atoms with Crippen molar-refractivity contribution in [3.63, 3.8) is 0 Å². The summed E-state index contributed by atoms with van der Waals surface area (Å²) in [6.45, 7) is 3.07. The fourth-order valence-electron chi connectivity index (χ4n) is 2.38. The van der Waals surface area contributed by atoms with Crippen LogP contribution in [0.2, 0.25) is 0 Å².